The second kappa shape index (κ2) is 6.68. The molecule has 0 aliphatic carbocycles. The molecule has 0 aliphatic heterocycles. The number of para-hydroxylation sites is 2. The van der Waals surface area contributed by atoms with Crippen molar-refractivity contribution in [3.05, 3.63) is 84.4 Å². The van der Waals surface area contributed by atoms with E-state index in [0.717, 1.165) is 28.4 Å². The molecule has 3 heteroatoms. The molecular weight excluding hydrogens is 272 g/mol. The van der Waals surface area contributed by atoms with E-state index in [1.807, 2.05) is 78.9 Å². The number of ether oxygens (including phenoxy) is 1. The molecule has 0 saturated carbocycles. The Morgan fingerprint density at radius 1 is 0.818 bits per heavy atom. The van der Waals surface area contributed by atoms with Gasteiger partial charge in [-0.25, -0.2) is 0 Å². The first kappa shape index (κ1) is 14.0. The fourth-order valence-electron chi connectivity index (χ4n) is 2.17. The Kier molecular flexibility index (Phi) is 4.25. The summed E-state index contributed by atoms with van der Waals surface area (Å²) in [5, 5.41) is 3.31. The van der Waals surface area contributed by atoms with Crippen LogP contribution in [0.3, 0.4) is 0 Å². The number of anilines is 3. The molecule has 0 unspecified atom stereocenters. The Bertz CT molecular complexity index is 741. The van der Waals surface area contributed by atoms with Gasteiger partial charge in [-0.1, -0.05) is 48.5 Å². The van der Waals surface area contributed by atoms with Gasteiger partial charge in [-0.3, -0.25) is 0 Å². The van der Waals surface area contributed by atoms with Gasteiger partial charge in [-0.05, 0) is 29.8 Å². The van der Waals surface area contributed by atoms with Gasteiger partial charge in [-0.15, -0.1) is 0 Å². The molecule has 3 aromatic rings. The van der Waals surface area contributed by atoms with Crippen molar-refractivity contribution in [3.63, 3.8) is 0 Å². The maximum Gasteiger partial charge on any atom is 0.121 e. The first-order chi connectivity index (χ1) is 10.8. The van der Waals surface area contributed by atoms with Crippen molar-refractivity contribution in [2.75, 3.05) is 11.1 Å². The third kappa shape index (κ3) is 3.58. The summed E-state index contributed by atoms with van der Waals surface area (Å²) in [6.45, 7) is 0.553. The molecule has 0 atom stereocenters. The molecule has 3 nitrogen and oxygen atoms in total. The highest BCUT2D eigenvalue weighted by molar-refractivity contribution is 5.72. The van der Waals surface area contributed by atoms with E-state index in [1.54, 1.807) is 0 Å². The Balaban J connectivity index is 1.69. The second-order valence-corrected chi connectivity index (χ2v) is 5.01. The third-order valence-electron chi connectivity index (χ3n) is 3.32. The Morgan fingerprint density at radius 2 is 1.59 bits per heavy atom. The zero-order valence-corrected chi connectivity index (χ0v) is 12.2. The minimum absolute atomic E-state index is 0.553. The summed E-state index contributed by atoms with van der Waals surface area (Å²) < 4.78 is 5.83. The van der Waals surface area contributed by atoms with Crippen LogP contribution in [-0.2, 0) is 6.61 Å². The van der Waals surface area contributed by atoms with Gasteiger partial charge in [0.05, 0.1) is 11.4 Å². The predicted molar refractivity (Wildman–Crippen MR) is 91.4 cm³/mol. The highest BCUT2D eigenvalue weighted by Crippen LogP contribution is 2.25. The van der Waals surface area contributed by atoms with Crippen molar-refractivity contribution in [2.24, 2.45) is 0 Å². The van der Waals surface area contributed by atoms with E-state index in [2.05, 4.69) is 5.32 Å². The highest BCUT2D eigenvalue weighted by Gasteiger charge is 2.01. The number of hydrogen-bond acceptors (Lipinski definition) is 3. The van der Waals surface area contributed by atoms with Crippen LogP contribution in [0, 0.1) is 0 Å². The van der Waals surface area contributed by atoms with E-state index in [1.165, 1.54) is 0 Å². The van der Waals surface area contributed by atoms with Crippen molar-refractivity contribution in [2.45, 2.75) is 6.61 Å². The molecule has 0 amide bonds. The summed E-state index contributed by atoms with van der Waals surface area (Å²) in [6.07, 6.45) is 0. The van der Waals surface area contributed by atoms with E-state index in [-0.39, 0.29) is 0 Å². The van der Waals surface area contributed by atoms with Gasteiger partial charge < -0.3 is 15.8 Å². The van der Waals surface area contributed by atoms with Crippen molar-refractivity contribution >= 4 is 17.1 Å². The highest BCUT2D eigenvalue weighted by atomic mass is 16.5. The predicted octanol–water partition coefficient (Wildman–Crippen LogP) is 4.59. The van der Waals surface area contributed by atoms with Gasteiger partial charge in [0.1, 0.15) is 12.4 Å². The molecule has 0 spiro atoms. The van der Waals surface area contributed by atoms with Gasteiger partial charge in [0.2, 0.25) is 0 Å². The molecule has 3 aromatic carbocycles. The van der Waals surface area contributed by atoms with Crippen molar-refractivity contribution < 1.29 is 4.74 Å². The molecule has 0 aliphatic rings. The zero-order valence-electron chi connectivity index (χ0n) is 12.2. The maximum atomic E-state index is 5.95. The summed E-state index contributed by atoms with van der Waals surface area (Å²) in [4.78, 5) is 0. The largest absolute Gasteiger partial charge is 0.489 e. The number of nitrogen functional groups attached to an aromatic ring is 1. The Morgan fingerprint density at radius 3 is 2.41 bits per heavy atom. The first-order valence-corrected chi connectivity index (χ1v) is 7.19. The summed E-state index contributed by atoms with van der Waals surface area (Å²) in [5.74, 6) is 0.823. The van der Waals surface area contributed by atoms with Crippen LogP contribution in [0.25, 0.3) is 0 Å². The fourth-order valence-corrected chi connectivity index (χ4v) is 2.17. The molecule has 22 heavy (non-hydrogen) atoms. The molecule has 3 rings (SSSR count). The van der Waals surface area contributed by atoms with Crippen molar-refractivity contribution in [1.82, 2.24) is 0 Å². The lowest BCUT2D eigenvalue weighted by Crippen LogP contribution is -1.98. The number of hydrogen-bond donors (Lipinski definition) is 2. The third-order valence-corrected chi connectivity index (χ3v) is 3.32. The molecule has 0 fully saturated rings. The van der Waals surface area contributed by atoms with Crippen LogP contribution < -0.4 is 15.8 Å². The lowest BCUT2D eigenvalue weighted by Gasteiger charge is -2.11. The van der Waals surface area contributed by atoms with E-state index in [0.29, 0.717) is 6.61 Å². The number of benzene rings is 3. The smallest absolute Gasteiger partial charge is 0.121 e. The average Bonchev–Trinajstić information content (AvgIpc) is 2.57. The van der Waals surface area contributed by atoms with Crippen LogP contribution >= 0.6 is 0 Å². The maximum absolute atomic E-state index is 5.95. The minimum atomic E-state index is 0.553. The summed E-state index contributed by atoms with van der Waals surface area (Å²) >= 11 is 0. The van der Waals surface area contributed by atoms with Crippen LogP contribution in [-0.4, -0.2) is 0 Å². The van der Waals surface area contributed by atoms with Crippen LogP contribution in [0.15, 0.2) is 78.9 Å². The molecule has 3 N–H and O–H groups in total. The van der Waals surface area contributed by atoms with Gasteiger partial charge in [0, 0.05) is 11.8 Å². The SMILES string of the molecule is Nc1ccccc1Nc1cccc(OCc2ccccc2)c1. The van der Waals surface area contributed by atoms with Gasteiger partial charge in [0.25, 0.3) is 0 Å². The minimum Gasteiger partial charge on any atom is -0.489 e. The molecule has 0 radical (unpaired) electrons. The summed E-state index contributed by atoms with van der Waals surface area (Å²) in [6, 6.07) is 25.7. The monoisotopic (exact) mass is 290 g/mol. The molecule has 0 aromatic heterocycles. The van der Waals surface area contributed by atoms with Gasteiger partial charge in [-0.2, -0.15) is 0 Å². The van der Waals surface area contributed by atoms with E-state index in [9.17, 15) is 0 Å². The van der Waals surface area contributed by atoms with E-state index in [4.69, 9.17) is 10.5 Å². The molecule has 110 valence electrons. The van der Waals surface area contributed by atoms with Crippen LogP contribution in [0.1, 0.15) is 5.56 Å². The fraction of sp³-hybridized carbons (Fsp3) is 0.0526. The number of nitrogens with two attached hydrogens (primary N) is 1. The van der Waals surface area contributed by atoms with Gasteiger partial charge in [0.15, 0.2) is 0 Å². The standard InChI is InChI=1S/C19H18N2O/c20-18-11-4-5-12-19(18)21-16-9-6-10-17(13-16)22-14-15-7-2-1-3-8-15/h1-13,21H,14,20H2. The van der Waals surface area contributed by atoms with E-state index >= 15 is 0 Å². The van der Waals surface area contributed by atoms with Crippen LogP contribution in [0.2, 0.25) is 0 Å². The van der Waals surface area contributed by atoms with Crippen LogP contribution in [0.4, 0.5) is 17.1 Å². The molecular formula is C19H18N2O. The number of nitrogens with one attached hydrogen (secondary N) is 1. The first-order valence-electron chi connectivity index (χ1n) is 7.19. The molecule has 0 saturated heterocycles. The van der Waals surface area contributed by atoms with E-state index < -0.39 is 0 Å². The van der Waals surface area contributed by atoms with Crippen molar-refractivity contribution in [3.8, 4) is 5.75 Å². The second-order valence-electron chi connectivity index (χ2n) is 5.01. The summed E-state index contributed by atoms with van der Waals surface area (Å²) in [5.41, 5.74) is 9.65. The topological polar surface area (TPSA) is 47.3 Å². The zero-order chi connectivity index (χ0) is 15.2. The molecule has 0 bridgehead atoms. The quantitative estimate of drug-likeness (QED) is 0.675. The van der Waals surface area contributed by atoms with Crippen LogP contribution in [0.5, 0.6) is 5.75 Å². The van der Waals surface area contributed by atoms with Gasteiger partial charge >= 0.3 is 0 Å². The normalized spacial score (nSPS) is 10.2. The summed E-state index contributed by atoms with van der Waals surface area (Å²) in [7, 11) is 0. The van der Waals surface area contributed by atoms with Crippen molar-refractivity contribution in [1.29, 1.82) is 0 Å². The lowest BCUT2D eigenvalue weighted by atomic mass is 10.2. The molecule has 0 heterocycles. The number of rotatable bonds is 5. The average molecular weight is 290 g/mol. The Hall–Kier alpha value is -2.94. The lowest BCUT2D eigenvalue weighted by molar-refractivity contribution is 0.306. The Labute approximate surface area is 130 Å².